The molecule has 1 saturated heterocycles. The van der Waals surface area contributed by atoms with E-state index in [4.69, 9.17) is 4.42 Å². The first-order valence-electron chi connectivity index (χ1n) is 9.54. The van der Waals surface area contributed by atoms with Crippen LogP contribution in [0.1, 0.15) is 20.2 Å². The van der Waals surface area contributed by atoms with E-state index in [1.807, 2.05) is 38.2 Å². The number of anilines is 1. The topological polar surface area (TPSA) is 74.5 Å². The van der Waals surface area contributed by atoms with Gasteiger partial charge < -0.3 is 14.2 Å². The van der Waals surface area contributed by atoms with Gasteiger partial charge in [0.25, 0.3) is 0 Å². The third kappa shape index (κ3) is 3.84. The molecule has 7 heteroatoms. The lowest BCUT2D eigenvalue weighted by atomic mass is 10.0. The molecule has 1 N–H and O–H groups in total. The molecule has 0 spiro atoms. The van der Waals surface area contributed by atoms with E-state index in [9.17, 15) is 4.79 Å². The van der Waals surface area contributed by atoms with Gasteiger partial charge >= 0.3 is 6.03 Å². The molecule has 1 aliphatic heterocycles. The normalized spacial score (nSPS) is 15.7. The van der Waals surface area contributed by atoms with Crippen LogP contribution >= 0.6 is 0 Å². The number of carbonyl (C=O) groups excluding carboxylic acids is 1. The molecule has 1 aliphatic rings. The summed E-state index contributed by atoms with van der Waals surface area (Å²) in [7, 11) is 3.97. The third-order valence-electron chi connectivity index (χ3n) is 5.42. The average Bonchev–Trinajstić information content (AvgIpc) is 3.14. The Bertz CT molecular complexity index is 998. The van der Waals surface area contributed by atoms with Crippen LogP contribution in [0.15, 0.2) is 41.1 Å². The highest BCUT2D eigenvalue weighted by molar-refractivity contribution is 5.93. The van der Waals surface area contributed by atoms with Gasteiger partial charge in [-0.2, -0.15) is 0 Å². The van der Waals surface area contributed by atoms with Crippen LogP contribution in [-0.4, -0.2) is 59.0 Å². The summed E-state index contributed by atoms with van der Waals surface area (Å²) in [4.78, 5) is 25.3. The van der Waals surface area contributed by atoms with Crippen molar-refractivity contribution in [1.29, 1.82) is 0 Å². The smallest absolute Gasteiger partial charge is 0.323 e. The highest BCUT2D eigenvalue weighted by atomic mass is 16.4. The van der Waals surface area contributed by atoms with Crippen molar-refractivity contribution in [3.63, 3.8) is 0 Å². The molecule has 4 rings (SSSR count). The molecule has 28 heavy (non-hydrogen) atoms. The molecule has 0 aliphatic carbocycles. The molecule has 3 aromatic rings. The Hall–Kier alpha value is -2.93. The van der Waals surface area contributed by atoms with Crippen molar-refractivity contribution in [2.24, 2.45) is 0 Å². The van der Waals surface area contributed by atoms with Crippen molar-refractivity contribution in [2.75, 3.05) is 32.5 Å². The number of amides is 2. The fraction of sp³-hybridized carbons (Fsp3) is 0.381. The zero-order chi connectivity index (χ0) is 19.7. The van der Waals surface area contributed by atoms with Gasteiger partial charge in [-0.25, -0.2) is 14.8 Å². The van der Waals surface area contributed by atoms with Gasteiger partial charge in [-0.3, -0.25) is 5.32 Å². The summed E-state index contributed by atoms with van der Waals surface area (Å²) in [6, 6.07) is 8.03. The van der Waals surface area contributed by atoms with Crippen molar-refractivity contribution >= 4 is 22.6 Å². The van der Waals surface area contributed by atoms with Crippen molar-refractivity contribution in [3.8, 4) is 11.3 Å². The Balaban J connectivity index is 0.00000240. The average molecular weight is 381 g/mol. The lowest BCUT2D eigenvalue weighted by Gasteiger charge is -2.34. The third-order valence-corrected chi connectivity index (χ3v) is 5.42. The monoisotopic (exact) mass is 381 g/mol. The van der Waals surface area contributed by atoms with E-state index in [2.05, 4.69) is 27.2 Å². The number of benzene rings is 1. The Morgan fingerprint density at radius 2 is 2.00 bits per heavy atom. The number of hydrogen-bond donors (Lipinski definition) is 1. The van der Waals surface area contributed by atoms with E-state index in [0.29, 0.717) is 11.7 Å². The molecule has 2 aromatic heterocycles. The lowest BCUT2D eigenvalue weighted by molar-refractivity contribution is 0.156. The van der Waals surface area contributed by atoms with Crippen LogP contribution < -0.4 is 5.32 Å². The summed E-state index contributed by atoms with van der Waals surface area (Å²) in [5.74, 6) is 1.90. The lowest BCUT2D eigenvalue weighted by Crippen LogP contribution is -2.46. The van der Waals surface area contributed by atoms with Crippen LogP contribution in [0, 0.1) is 6.92 Å². The number of nitrogens with one attached hydrogen (secondary N) is 1. The van der Waals surface area contributed by atoms with Crippen molar-refractivity contribution < 1.29 is 10.6 Å². The van der Waals surface area contributed by atoms with Crippen LogP contribution in [0.3, 0.4) is 0 Å². The van der Waals surface area contributed by atoms with Gasteiger partial charge in [-0.1, -0.05) is 12.1 Å². The number of aryl methyl sites for hydroxylation is 1. The number of carbonyl (C=O) groups is 1. The van der Waals surface area contributed by atoms with Crippen LogP contribution in [0.4, 0.5) is 10.6 Å². The molecule has 1 fully saturated rings. The van der Waals surface area contributed by atoms with Gasteiger partial charge in [0, 0.05) is 38.6 Å². The fourth-order valence-electron chi connectivity index (χ4n) is 3.60. The van der Waals surface area contributed by atoms with E-state index >= 15 is 0 Å². The van der Waals surface area contributed by atoms with Crippen molar-refractivity contribution in [3.05, 3.63) is 42.5 Å². The Morgan fingerprint density at radius 1 is 1.21 bits per heavy atom. The van der Waals surface area contributed by atoms with Gasteiger partial charge in [0.1, 0.15) is 5.82 Å². The largest absolute Gasteiger partial charge is 0.441 e. The van der Waals surface area contributed by atoms with Gasteiger partial charge in [-0.05, 0) is 50.5 Å². The second-order valence-electron chi connectivity index (χ2n) is 7.45. The minimum Gasteiger partial charge on any atom is -0.441 e. The van der Waals surface area contributed by atoms with E-state index in [1.165, 1.54) is 0 Å². The summed E-state index contributed by atoms with van der Waals surface area (Å²) < 4.78 is 5.61. The molecule has 148 valence electrons. The Kier molecular flexibility index (Phi) is 5.00. The predicted octanol–water partition coefficient (Wildman–Crippen LogP) is 4.00. The van der Waals surface area contributed by atoms with Crippen LogP contribution in [0.5, 0.6) is 0 Å². The van der Waals surface area contributed by atoms with E-state index in [1.54, 1.807) is 17.3 Å². The number of likely N-dealkylation sites (tertiary alicyclic amines) is 1. The highest BCUT2D eigenvalue weighted by Crippen LogP contribution is 2.26. The molecule has 0 saturated carbocycles. The van der Waals surface area contributed by atoms with Gasteiger partial charge in [0.2, 0.25) is 0 Å². The molecule has 0 radical (unpaired) electrons. The molecular weight excluding hydrogens is 354 g/mol. The summed E-state index contributed by atoms with van der Waals surface area (Å²) in [6.07, 6.45) is 5.48. The second-order valence-corrected chi connectivity index (χ2v) is 7.45. The summed E-state index contributed by atoms with van der Waals surface area (Å²) in [5.41, 5.74) is 0.944. The number of oxazole rings is 1. The highest BCUT2D eigenvalue weighted by Gasteiger charge is 2.24. The number of pyridine rings is 1. The molecule has 0 unspecified atom stereocenters. The number of rotatable bonds is 3. The minimum atomic E-state index is -0.122. The molecule has 2 amide bonds. The van der Waals surface area contributed by atoms with E-state index in [0.717, 1.165) is 48.0 Å². The zero-order valence-corrected chi connectivity index (χ0v) is 16.5. The first-order valence-corrected chi connectivity index (χ1v) is 9.54. The summed E-state index contributed by atoms with van der Waals surface area (Å²) in [6.45, 7) is 3.85. The zero-order valence-electron chi connectivity index (χ0n) is 16.5. The molecular formula is C21H27N5O2. The van der Waals surface area contributed by atoms with Crippen molar-refractivity contribution in [1.82, 2.24) is 19.8 Å². The maximum absolute atomic E-state index is 12.7. The summed E-state index contributed by atoms with van der Waals surface area (Å²) in [5, 5.41) is 4.92. The quantitative estimate of drug-likeness (QED) is 0.742. The maximum Gasteiger partial charge on any atom is 0.323 e. The number of aromatic nitrogens is 2. The Labute approximate surface area is 165 Å². The molecule has 1 aromatic carbocycles. The van der Waals surface area contributed by atoms with Gasteiger partial charge in [0.15, 0.2) is 11.7 Å². The van der Waals surface area contributed by atoms with Crippen LogP contribution in [-0.2, 0) is 0 Å². The first kappa shape index (κ1) is 18.4. The van der Waals surface area contributed by atoms with Gasteiger partial charge in [0.05, 0.1) is 6.20 Å². The first-order chi connectivity index (χ1) is 13.5. The number of piperidine rings is 1. The molecule has 0 bridgehead atoms. The second kappa shape index (κ2) is 7.59. The number of hydrogen-bond acceptors (Lipinski definition) is 5. The minimum absolute atomic E-state index is 0. The van der Waals surface area contributed by atoms with Crippen molar-refractivity contribution in [2.45, 2.75) is 25.8 Å². The fourth-order valence-corrected chi connectivity index (χ4v) is 3.60. The molecule has 0 atom stereocenters. The number of fused-ring (bicyclic) bond motifs is 1. The standard InChI is InChI=1S/C21H25N5O2.H2/c1-14-22-13-19(28-14)15-4-5-16-12-23-20(11-17(16)10-15)24-21(27)26(3)18-6-8-25(2)9-7-18;/h4-5,10-13,18H,6-9H2,1-3H3,(H,23,24,27);1H. The van der Waals surface area contributed by atoms with E-state index in [-0.39, 0.29) is 13.5 Å². The predicted molar refractivity (Wildman–Crippen MR) is 111 cm³/mol. The molecule has 7 nitrogen and oxygen atoms in total. The number of urea groups is 1. The Morgan fingerprint density at radius 3 is 2.71 bits per heavy atom. The maximum atomic E-state index is 12.7. The summed E-state index contributed by atoms with van der Waals surface area (Å²) >= 11 is 0. The van der Waals surface area contributed by atoms with Gasteiger partial charge in [-0.15, -0.1) is 0 Å². The van der Waals surface area contributed by atoms with Crippen LogP contribution in [0.2, 0.25) is 0 Å². The number of nitrogens with zero attached hydrogens (tertiary/aromatic N) is 4. The van der Waals surface area contributed by atoms with Crippen LogP contribution in [0.25, 0.3) is 22.1 Å². The molecule has 3 heterocycles. The van der Waals surface area contributed by atoms with E-state index < -0.39 is 0 Å². The SMILES string of the molecule is Cc1ncc(-c2ccc3cnc(NC(=O)N(C)C4CCN(C)CC4)cc3c2)o1.[HH].